The van der Waals surface area contributed by atoms with Crippen LogP contribution in [0.25, 0.3) is 0 Å². The molecule has 122 valence electrons. The number of anilines is 2. The van der Waals surface area contributed by atoms with E-state index in [0.717, 1.165) is 24.1 Å². The maximum Gasteiger partial charge on any atom is 0.231 e. The van der Waals surface area contributed by atoms with Gasteiger partial charge in [0.25, 0.3) is 0 Å². The average molecular weight is 353 g/mol. The van der Waals surface area contributed by atoms with Crippen molar-refractivity contribution < 1.29 is 9.29 Å². The van der Waals surface area contributed by atoms with E-state index >= 15 is 0 Å². The van der Waals surface area contributed by atoms with Crippen LogP contribution in [-0.4, -0.2) is 38.0 Å². The van der Waals surface area contributed by atoms with Crippen LogP contribution in [-0.2, 0) is 21.7 Å². The van der Waals surface area contributed by atoms with E-state index in [0.29, 0.717) is 24.9 Å². The molecule has 1 atom stereocenters. The average Bonchev–Trinajstić information content (AvgIpc) is 2.56. The van der Waals surface area contributed by atoms with Gasteiger partial charge in [0.05, 0.1) is 13.2 Å². The Morgan fingerprint density at radius 1 is 1.30 bits per heavy atom. The van der Waals surface area contributed by atoms with Gasteiger partial charge < -0.3 is 14.6 Å². The van der Waals surface area contributed by atoms with Crippen molar-refractivity contribution in [2.24, 2.45) is 0 Å². The second kappa shape index (κ2) is 7.92. The zero-order valence-electron chi connectivity index (χ0n) is 12.4. The van der Waals surface area contributed by atoms with Crippen molar-refractivity contribution in [3.63, 3.8) is 0 Å². The van der Waals surface area contributed by atoms with E-state index in [1.54, 1.807) is 0 Å². The van der Waals surface area contributed by atoms with E-state index in [4.69, 9.17) is 16.3 Å². The summed E-state index contributed by atoms with van der Waals surface area (Å²) in [4.78, 5) is 11.7. The van der Waals surface area contributed by atoms with Crippen molar-refractivity contribution >= 4 is 34.4 Å². The van der Waals surface area contributed by atoms with Gasteiger partial charge in [-0.3, -0.25) is 0 Å². The van der Waals surface area contributed by atoms with Gasteiger partial charge in [0, 0.05) is 24.1 Å². The van der Waals surface area contributed by atoms with Crippen LogP contribution < -0.4 is 5.32 Å². The van der Waals surface area contributed by atoms with Crippen LogP contribution in [0.1, 0.15) is 18.4 Å². The fourth-order valence-corrected chi connectivity index (χ4v) is 4.01. The highest BCUT2D eigenvalue weighted by Gasteiger charge is 2.25. The fourth-order valence-electron chi connectivity index (χ4n) is 2.43. The summed E-state index contributed by atoms with van der Waals surface area (Å²) in [7, 11) is 0. The first-order valence-electron chi connectivity index (χ1n) is 7.36. The third kappa shape index (κ3) is 4.78. The monoisotopic (exact) mass is 352 g/mol. The molecule has 0 amide bonds. The van der Waals surface area contributed by atoms with Crippen LogP contribution in [0.3, 0.4) is 0 Å². The Morgan fingerprint density at radius 3 is 2.91 bits per heavy atom. The molecule has 1 aliphatic rings. The van der Waals surface area contributed by atoms with Crippen LogP contribution in [0.5, 0.6) is 0 Å². The van der Waals surface area contributed by atoms with Crippen LogP contribution >= 0.6 is 11.6 Å². The fraction of sp³-hybridized carbons (Fsp3) is 0.400. The number of halogens is 1. The van der Waals surface area contributed by atoms with E-state index < -0.39 is 11.2 Å². The summed E-state index contributed by atoms with van der Waals surface area (Å²) in [6.45, 7) is 1.41. The molecule has 1 saturated heterocycles. The number of benzene rings is 1. The molecule has 0 aliphatic carbocycles. The summed E-state index contributed by atoms with van der Waals surface area (Å²) in [6, 6.07) is 7.75. The lowest BCUT2D eigenvalue weighted by atomic mass is 10.2. The largest absolute Gasteiger partial charge is 0.616 e. The van der Waals surface area contributed by atoms with Gasteiger partial charge in [-0.2, -0.15) is 4.98 Å². The number of rotatable bonds is 5. The summed E-state index contributed by atoms with van der Waals surface area (Å²) in [5.41, 5.74) is 1.84. The van der Waals surface area contributed by atoms with Crippen molar-refractivity contribution in [3.05, 3.63) is 41.4 Å². The molecule has 1 aromatic heterocycles. The SMILES string of the molecule is [O-][S+](Cc1cccc(Nc2ncnc(Cl)n2)c1)C1CCOCC1. The number of ether oxygens (including phenoxy) is 1. The van der Waals surface area contributed by atoms with Crippen molar-refractivity contribution in [2.45, 2.75) is 23.8 Å². The predicted octanol–water partition coefficient (Wildman–Crippen LogP) is 2.70. The standard InChI is InChI=1S/C15H17ClN4O2S/c16-14-17-10-18-15(20-14)19-12-3-1-2-11(8-12)9-23(21)13-4-6-22-7-5-13/h1-3,8,10,13H,4-7,9H2,(H,17,18,19,20). The molecule has 6 nitrogen and oxygen atoms in total. The smallest absolute Gasteiger partial charge is 0.231 e. The van der Waals surface area contributed by atoms with E-state index in [1.165, 1.54) is 6.33 Å². The van der Waals surface area contributed by atoms with Gasteiger partial charge in [0.1, 0.15) is 17.3 Å². The molecule has 0 radical (unpaired) electrons. The Kier molecular flexibility index (Phi) is 5.66. The third-order valence-electron chi connectivity index (χ3n) is 3.57. The van der Waals surface area contributed by atoms with Gasteiger partial charge in [-0.1, -0.05) is 12.1 Å². The molecular weight excluding hydrogens is 336 g/mol. The van der Waals surface area contributed by atoms with Crippen molar-refractivity contribution in [1.82, 2.24) is 15.0 Å². The van der Waals surface area contributed by atoms with Gasteiger partial charge in [-0.15, -0.1) is 0 Å². The molecular formula is C15H17ClN4O2S. The third-order valence-corrected chi connectivity index (χ3v) is 5.59. The molecule has 8 heteroatoms. The minimum absolute atomic E-state index is 0.138. The quantitative estimate of drug-likeness (QED) is 0.833. The Hall–Kier alpha value is -1.41. The topological polar surface area (TPSA) is 83.0 Å². The first kappa shape index (κ1) is 16.4. The van der Waals surface area contributed by atoms with Gasteiger partial charge in [0.15, 0.2) is 0 Å². The zero-order valence-corrected chi connectivity index (χ0v) is 14.0. The normalized spacial score (nSPS) is 17.0. The first-order valence-corrected chi connectivity index (χ1v) is 9.12. The van der Waals surface area contributed by atoms with Crippen LogP contribution in [0.4, 0.5) is 11.6 Å². The number of hydrogen-bond donors (Lipinski definition) is 1. The van der Waals surface area contributed by atoms with Crippen LogP contribution in [0, 0.1) is 0 Å². The number of hydrogen-bond acceptors (Lipinski definition) is 6. The van der Waals surface area contributed by atoms with Gasteiger partial charge in [-0.05, 0) is 34.9 Å². The van der Waals surface area contributed by atoms with Gasteiger partial charge in [-0.25, -0.2) is 9.97 Å². The summed E-state index contributed by atoms with van der Waals surface area (Å²) in [5.74, 6) is 0.922. The Balaban J connectivity index is 1.64. The molecule has 0 saturated carbocycles. The highest BCUT2D eigenvalue weighted by Crippen LogP contribution is 2.22. The van der Waals surface area contributed by atoms with Crippen molar-refractivity contribution in [1.29, 1.82) is 0 Å². The van der Waals surface area contributed by atoms with Crippen molar-refractivity contribution in [2.75, 3.05) is 18.5 Å². The predicted molar refractivity (Wildman–Crippen MR) is 90.2 cm³/mol. The molecule has 0 spiro atoms. The van der Waals surface area contributed by atoms with Gasteiger partial charge >= 0.3 is 0 Å². The molecule has 1 fully saturated rings. The first-order chi connectivity index (χ1) is 11.2. The summed E-state index contributed by atoms with van der Waals surface area (Å²) < 4.78 is 17.8. The van der Waals surface area contributed by atoms with Crippen molar-refractivity contribution in [3.8, 4) is 0 Å². The Labute approximate surface area is 142 Å². The lowest BCUT2D eigenvalue weighted by Gasteiger charge is -2.25. The summed E-state index contributed by atoms with van der Waals surface area (Å²) in [5, 5.41) is 3.44. The highest BCUT2D eigenvalue weighted by molar-refractivity contribution is 7.91. The number of nitrogens with zero attached hydrogens (tertiary/aromatic N) is 3. The minimum atomic E-state index is -0.886. The number of aromatic nitrogens is 3. The van der Waals surface area contributed by atoms with Crippen LogP contribution in [0.2, 0.25) is 5.28 Å². The maximum atomic E-state index is 12.5. The highest BCUT2D eigenvalue weighted by atomic mass is 35.5. The zero-order chi connectivity index (χ0) is 16.1. The molecule has 23 heavy (non-hydrogen) atoms. The number of nitrogens with one attached hydrogen (secondary N) is 1. The second-order valence-electron chi connectivity index (χ2n) is 5.24. The molecule has 1 N–H and O–H groups in total. The van der Waals surface area contributed by atoms with E-state index in [-0.39, 0.29) is 10.5 Å². The molecule has 3 rings (SSSR count). The molecule has 2 aromatic rings. The Morgan fingerprint density at radius 2 is 2.13 bits per heavy atom. The lowest BCUT2D eigenvalue weighted by molar-refractivity contribution is 0.0983. The second-order valence-corrected chi connectivity index (χ2v) is 7.30. The van der Waals surface area contributed by atoms with E-state index in [1.807, 2.05) is 24.3 Å². The molecule has 2 heterocycles. The summed E-state index contributed by atoms with van der Waals surface area (Å²) in [6.07, 6.45) is 3.09. The van der Waals surface area contributed by atoms with Crippen LogP contribution in [0.15, 0.2) is 30.6 Å². The maximum absolute atomic E-state index is 12.5. The lowest BCUT2D eigenvalue weighted by Crippen LogP contribution is -2.29. The van der Waals surface area contributed by atoms with E-state index in [9.17, 15) is 4.55 Å². The molecule has 1 aromatic carbocycles. The molecule has 1 unspecified atom stereocenters. The molecule has 0 bridgehead atoms. The minimum Gasteiger partial charge on any atom is -0.616 e. The van der Waals surface area contributed by atoms with Gasteiger partial charge in [0.2, 0.25) is 11.2 Å². The molecule has 1 aliphatic heterocycles. The summed E-state index contributed by atoms with van der Waals surface area (Å²) >= 11 is 4.86. The van der Waals surface area contributed by atoms with E-state index in [2.05, 4.69) is 20.3 Å². The Bertz CT molecular complexity index is 655.